The van der Waals surface area contributed by atoms with E-state index in [2.05, 4.69) is 13.0 Å². The number of hydrogen-bond donors (Lipinski definition) is 0. The van der Waals surface area contributed by atoms with E-state index in [1.165, 1.54) is 64.2 Å². The highest BCUT2D eigenvalue weighted by molar-refractivity contribution is 4.98. The van der Waals surface area contributed by atoms with Gasteiger partial charge in [-0.05, 0) is 61.7 Å². The van der Waals surface area contributed by atoms with Crippen molar-refractivity contribution in [1.29, 1.82) is 5.26 Å². The van der Waals surface area contributed by atoms with Crippen molar-refractivity contribution >= 4 is 0 Å². The van der Waals surface area contributed by atoms with E-state index in [1.54, 1.807) is 0 Å². The van der Waals surface area contributed by atoms with Crippen molar-refractivity contribution in [3.8, 4) is 6.07 Å². The molecule has 0 spiro atoms. The van der Waals surface area contributed by atoms with E-state index in [-0.39, 0.29) is 0 Å². The second kappa shape index (κ2) is 5.86. The van der Waals surface area contributed by atoms with Crippen LogP contribution in [-0.4, -0.2) is 0 Å². The normalized spacial score (nSPS) is 44.3. The lowest BCUT2D eigenvalue weighted by Gasteiger charge is -2.44. The lowest BCUT2D eigenvalue weighted by atomic mass is 9.60. The summed E-state index contributed by atoms with van der Waals surface area (Å²) >= 11 is 0. The maximum absolute atomic E-state index is 9.41. The van der Waals surface area contributed by atoms with Gasteiger partial charge in [0.2, 0.25) is 0 Å². The first-order chi connectivity index (χ1) is 9.28. The molecule has 1 nitrogen and oxygen atoms in total. The van der Waals surface area contributed by atoms with Gasteiger partial charge in [-0.3, -0.25) is 0 Å². The average Bonchev–Trinajstić information content (AvgIpc) is 2.37. The van der Waals surface area contributed by atoms with E-state index in [0.29, 0.717) is 5.92 Å². The van der Waals surface area contributed by atoms with Crippen molar-refractivity contribution in [3.05, 3.63) is 0 Å². The van der Waals surface area contributed by atoms with Gasteiger partial charge in [-0.25, -0.2) is 0 Å². The van der Waals surface area contributed by atoms with E-state index in [1.807, 2.05) is 0 Å². The summed E-state index contributed by atoms with van der Waals surface area (Å²) in [5, 5.41) is 9.41. The fourth-order valence-electron chi connectivity index (χ4n) is 4.97. The van der Waals surface area contributed by atoms with Crippen LogP contribution >= 0.6 is 0 Å². The predicted octanol–water partition coefficient (Wildman–Crippen LogP) is 5.17. The molecule has 0 amide bonds. The Balaban J connectivity index is 1.60. The maximum atomic E-state index is 9.41. The second-order valence-electron chi connectivity index (χ2n) is 7.68. The maximum Gasteiger partial charge on any atom is 0.0658 e. The molecule has 3 saturated carbocycles. The zero-order valence-corrected chi connectivity index (χ0v) is 12.5. The Kier molecular flexibility index (Phi) is 4.15. The first kappa shape index (κ1) is 13.5. The summed E-state index contributed by atoms with van der Waals surface area (Å²) < 4.78 is 0. The van der Waals surface area contributed by atoms with E-state index in [0.717, 1.165) is 29.6 Å². The van der Waals surface area contributed by atoms with Gasteiger partial charge in [0, 0.05) is 5.92 Å². The van der Waals surface area contributed by atoms with E-state index in [4.69, 9.17) is 0 Å². The summed E-state index contributed by atoms with van der Waals surface area (Å²) in [7, 11) is 0. The zero-order valence-electron chi connectivity index (χ0n) is 12.5. The first-order valence-corrected chi connectivity index (χ1v) is 8.67. The minimum absolute atomic E-state index is 0.393. The highest BCUT2D eigenvalue weighted by Crippen LogP contribution is 2.49. The summed E-state index contributed by atoms with van der Waals surface area (Å²) in [4.78, 5) is 0. The van der Waals surface area contributed by atoms with Crippen molar-refractivity contribution in [2.75, 3.05) is 0 Å². The van der Waals surface area contributed by atoms with E-state index in [9.17, 15) is 5.26 Å². The summed E-state index contributed by atoms with van der Waals surface area (Å²) in [6.07, 6.45) is 14.0. The third kappa shape index (κ3) is 2.83. The number of nitrogens with zero attached hydrogens (tertiary/aromatic N) is 1. The van der Waals surface area contributed by atoms with Gasteiger partial charge in [-0.15, -0.1) is 0 Å². The van der Waals surface area contributed by atoms with Crippen LogP contribution in [0.3, 0.4) is 0 Å². The van der Waals surface area contributed by atoms with Gasteiger partial charge in [0.1, 0.15) is 0 Å². The van der Waals surface area contributed by atoms with Gasteiger partial charge in [-0.1, -0.05) is 39.0 Å². The molecule has 3 rings (SSSR count). The lowest BCUT2D eigenvalue weighted by molar-refractivity contribution is 0.0632. The number of nitriles is 1. The Hall–Kier alpha value is -0.510. The summed E-state index contributed by atoms with van der Waals surface area (Å²) in [5.41, 5.74) is 0. The van der Waals surface area contributed by atoms with Crippen LogP contribution in [0.2, 0.25) is 0 Å². The van der Waals surface area contributed by atoms with Gasteiger partial charge in [0.15, 0.2) is 0 Å². The Morgan fingerprint density at radius 3 is 2.05 bits per heavy atom. The molecule has 0 N–H and O–H groups in total. The molecular formula is C18H29N. The third-order valence-electron chi connectivity index (χ3n) is 6.59. The molecule has 1 heteroatoms. The average molecular weight is 259 g/mol. The quantitative estimate of drug-likeness (QED) is 0.671. The van der Waals surface area contributed by atoms with Crippen LogP contribution in [0.15, 0.2) is 0 Å². The molecule has 3 unspecified atom stereocenters. The minimum atomic E-state index is 0.393. The molecule has 0 aliphatic heterocycles. The van der Waals surface area contributed by atoms with Crippen LogP contribution in [0.1, 0.15) is 71.1 Å². The molecule has 0 radical (unpaired) electrons. The highest BCUT2D eigenvalue weighted by atomic mass is 14.5. The molecule has 3 aliphatic carbocycles. The molecular weight excluding hydrogens is 230 g/mol. The van der Waals surface area contributed by atoms with Gasteiger partial charge >= 0.3 is 0 Å². The van der Waals surface area contributed by atoms with Crippen LogP contribution in [0.5, 0.6) is 0 Å². The SMILES string of the molecule is CC1CCC(C2CCC(C#N)C(C3CCC3)C2)CC1. The molecule has 3 aliphatic rings. The van der Waals surface area contributed by atoms with Crippen LogP contribution in [0.4, 0.5) is 0 Å². The molecule has 19 heavy (non-hydrogen) atoms. The lowest BCUT2D eigenvalue weighted by Crippen LogP contribution is -2.36. The molecule has 0 aromatic rings. The van der Waals surface area contributed by atoms with Crippen molar-refractivity contribution in [1.82, 2.24) is 0 Å². The molecule has 0 aromatic heterocycles. The topological polar surface area (TPSA) is 23.8 Å². The van der Waals surface area contributed by atoms with Crippen LogP contribution in [0.25, 0.3) is 0 Å². The van der Waals surface area contributed by atoms with Crippen LogP contribution in [-0.2, 0) is 0 Å². The van der Waals surface area contributed by atoms with Crippen molar-refractivity contribution in [2.24, 2.45) is 35.5 Å². The monoisotopic (exact) mass is 259 g/mol. The molecule has 0 saturated heterocycles. The van der Waals surface area contributed by atoms with Crippen LogP contribution in [0, 0.1) is 46.8 Å². The number of hydrogen-bond acceptors (Lipinski definition) is 1. The second-order valence-corrected chi connectivity index (χ2v) is 7.68. The zero-order chi connectivity index (χ0) is 13.2. The summed E-state index contributed by atoms with van der Waals surface area (Å²) in [5.74, 6) is 4.99. The first-order valence-electron chi connectivity index (χ1n) is 8.67. The van der Waals surface area contributed by atoms with Gasteiger partial charge in [-0.2, -0.15) is 5.26 Å². The van der Waals surface area contributed by atoms with Crippen molar-refractivity contribution in [2.45, 2.75) is 71.1 Å². The summed E-state index contributed by atoms with van der Waals surface area (Å²) in [6, 6.07) is 2.63. The van der Waals surface area contributed by atoms with Crippen LogP contribution < -0.4 is 0 Å². The highest BCUT2D eigenvalue weighted by Gasteiger charge is 2.40. The smallest absolute Gasteiger partial charge is 0.0658 e. The Morgan fingerprint density at radius 1 is 0.789 bits per heavy atom. The fourth-order valence-corrected chi connectivity index (χ4v) is 4.97. The molecule has 0 heterocycles. The molecule has 3 fully saturated rings. The molecule has 106 valence electrons. The van der Waals surface area contributed by atoms with Crippen molar-refractivity contribution in [3.63, 3.8) is 0 Å². The predicted molar refractivity (Wildman–Crippen MR) is 78.4 cm³/mol. The van der Waals surface area contributed by atoms with Crippen molar-refractivity contribution < 1.29 is 0 Å². The Bertz CT molecular complexity index is 330. The van der Waals surface area contributed by atoms with E-state index >= 15 is 0 Å². The molecule has 3 atom stereocenters. The standard InChI is InChI=1S/C18H29N/c1-13-5-7-14(8-6-13)16-9-10-17(12-19)18(11-16)15-3-2-4-15/h13-18H,2-11H2,1H3. The van der Waals surface area contributed by atoms with Gasteiger partial charge in [0.05, 0.1) is 6.07 Å². The van der Waals surface area contributed by atoms with Gasteiger partial charge < -0.3 is 0 Å². The largest absolute Gasteiger partial charge is 0.198 e. The fraction of sp³-hybridized carbons (Fsp3) is 0.944. The molecule has 0 bridgehead atoms. The Morgan fingerprint density at radius 2 is 1.47 bits per heavy atom. The number of rotatable bonds is 2. The summed E-state index contributed by atoms with van der Waals surface area (Å²) in [6.45, 7) is 2.42. The van der Waals surface area contributed by atoms with Gasteiger partial charge in [0.25, 0.3) is 0 Å². The third-order valence-corrected chi connectivity index (χ3v) is 6.59. The Labute approximate surface area is 118 Å². The van der Waals surface area contributed by atoms with E-state index < -0.39 is 0 Å². The minimum Gasteiger partial charge on any atom is -0.198 e. The molecule has 0 aromatic carbocycles.